The van der Waals surface area contributed by atoms with Crippen LogP contribution in [-0.4, -0.2) is 48.4 Å². The Morgan fingerprint density at radius 3 is 1.27 bits per heavy atom. The van der Waals surface area contributed by atoms with Crippen LogP contribution >= 0.6 is 37.5 Å². The molecule has 5 aliphatic rings. The standard InChI is InChI=1S/C45H64Cl2O6P2/c1-51-41(48)31-52-44-37(46)27-29-39(54(49,33-19-9-3-10-20-33)34-21-11-4-12-22-34)42(44)43-40(30-28-38(47)45(43)53-32-17-7-2-8-18-32)55(50,35-23-13-5-14-24-35)36-25-15-6-16-26-36/h27-30,32-36H,2-26,31H2,1H3. The van der Waals surface area contributed by atoms with E-state index in [2.05, 4.69) is 0 Å². The van der Waals surface area contributed by atoms with E-state index in [9.17, 15) is 4.79 Å². The summed E-state index contributed by atoms with van der Waals surface area (Å²) in [6.07, 6.45) is 25.7. The van der Waals surface area contributed by atoms with E-state index < -0.39 is 20.3 Å². The number of methoxy groups -OCH3 is 1. The highest BCUT2D eigenvalue weighted by Gasteiger charge is 2.49. The third-order valence-electron chi connectivity index (χ3n) is 14.0. The minimum Gasteiger partial charge on any atom is -0.488 e. The molecule has 2 aromatic carbocycles. The molecule has 5 aliphatic carbocycles. The lowest BCUT2D eigenvalue weighted by atomic mass is 9.97. The Labute approximate surface area is 340 Å². The largest absolute Gasteiger partial charge is 0.488 e. The quantitative estimate of drug-likeness (QED) is 0.157. The van der Waals surface area contributed by atoms with E-state index in [-0.39, 0.29) is 35.3 Å². The van der Waals surface area contributed by atoms with Gasteiger partial charge < -0.3 is 23.3 Å². The zero-order chi connectivity index (χ0) is 38.4. The summed E-state index contributed by atoms with van der Waals surface area (Å²) in [5.74, 6) is 0.283. The van der Waals surface area contributed by atoms with Gasteiger partial charge in [0.05, 0.1) is 23.3 Å². The predicted molar refractivity (Wildman–Crippen MR) is 229 cm³/mol. The number of hydrogen-bond donors (Lipinski definition) is 0. The van der Waals surface area contributed by atoms with Crippen LogP contribution in [-0.2, 0) is 18.7 Å². The van der Waals surface area contributed by atoms with Gasteiger partial charge in [0.25, 0.3) is 0 Å². The van der Waals surface area contributed by atoms with Crippen molar-refractivity contribution in [2.24, 2.45) is 0 Å². The molecule has 5 saturated carbocycles. The molecular formula is C45H64Cl2O6P2. The molecule has 7 rings (SSSR count). The average Bonchev–Trinajstić information content (AvgIpc) is 3.24. The summed E-state index contributed by atoms with van der Waals surface area (Å²) in [6.45, 7) is -0.360. The maximum Gasteiger partial charge on any atom is 0.343 e. The van der Waals surface area contributed by atoms with Crippen LogP contribution in [0.2, 0.25) is 10.0 Å². The minimum absolute atomic E-state index is 0.0339. The first-order valence-electron chi connectivity index (χ1n) is 22.0. The minimum atomic E-state index is -3.18. The number of carbonyl (C=O) groups is 1. The van der Waals surface area contributed by atoms with Crippen molar-refractivity contribution in [3.05, 3.63) is 34.3 Å². The first-order chi connectivity index (χ1) is 26.8. The van der Waals surface area contributed by atoms with Crippen LogP contribution in [0, 0.1) is 0 Å². The van der Waals surface area contributed by atoms with Gasteiger partial charge in [0.2, 0.25) is 0 Å². The Morgan fingerprint density at radius 2 is 0.891 bits per heavy atom. The van der Waals surface area contributed by atoms with Gasteiger partial charge >= 0.3 is 5.97 Å². The Balaban J connectivity index is 1.56. The second kappa shape index (κ2) is 19.1. The van der Waals surface area contributed by atoms with Crippen LogP contribution in [0.4, 0.5) is 0 Å². The monoisotopic (exact) mass is 832 g/mol. The summed E-state index contributed by atoms with van der Waals surface area (Å²) in [4.78, 5) is 12.8. The molecule has 0 saturated heterocycles. The van der Waals surface area contributed by atoms with E-state index in [1.807, 2.05) is 24.3 Å². The van der Waals surface area contributed by atoms with Crippen LogP contribution in [0.5, 0.6) is 11.5 Å². The van der Waals surface area contributed by atoms with Crippen LogP contribution in [0.3, 0.4) is 0 Å². The Morgan fingerprint density at radius 1 is 0.545 bits per heavy atom. The Bertz CT molecular complexity index is 1670. The molecule has 0 N–H and O–H groups in total. The van der Waals surface area contributed by atoms with Crippen LogP contribution < -0.4 is 20.1 Å². The summed E-state index contributed by atoms with van der Waals surface area (Å²) in [7, 11) is -5.00. The first-order valence-corrected chi connectivity index (χ1v) is 26.4. The summed E-state index contributed by atoms with van der Waals surface area (Å²) in [6, 6.07) is 7.78. The molecule has 0 atom stereocenters. The maximum absolute atomic E-state index is 16.8. The van der Waals surface area contributed by atoms with E-state index in [4.69, 9.17) is 37.4 Å². The van der Waals surface area contributed by atoms with Crippen molar-refractivity contribution in [3.8, 4) is 22.6 Å². The third-order valence-corrected chi connectivity index (χ3v) is 23.3. The van der Waals surface area contributed by atoms with Crippen molar-refractivity contribution < 1.29 is 28.1 Å². The van der Waals surface area contributed by atoms with Gasteiger partial charge in [0.15, 0.2) is 6.61 Å². The lowest BCUT2D eigenvalue weighted by Gasteiger charge is -2.41. The predicted octanol–water partition coefficient (Wildman–Crippen LogP) is 13.2. The molecule has 6 nitrogen and oxygen atoms in total. The highest BCUT2D eigenvalue weighted by Crippen LogP contribution is 2.67. The SMILES string of the molecule is COC(=O)COc1c(Cl)ccc(P(=O)(C2CCCCC2)C2CCCCC2)c1-c1c(P(=O)(C2CCCCC2)C2CCCCC2)ccc(Cl)c1OC1CCCCC1. The Kier molecular flexibility index (Phi) is 14.5. The van der Waals surface area contributed by atoms with Crippen molar-refractivity contribution in [1.29, 1.82) is 0 Å². The van der Waals surface area contributed by atoms with Crippen LogP contribution in [0.25, 0.3) is 11.1 Å². The van der Waals surface area contributed by atoms with Gasteiger partial charge in [-0.2, -0.15) is 0 Å². The lowest BCUT2D eigenvalue weighted by Crippen LogP contribution is -2.34. The number of esters is 1. The number of benzene rings is 2. The molecule has 0 aliphatic heterocycles. The molecule has 0 heterocycles. The first kappa shape index (κ1) is 41.7. The van der Waals surface area contributed by atoms with Gasteiger partial charge in [-0.1, -0.05) is 107 Å². The molecule has 0 unspecified atom stereocenters. The zero-order valence-electron chi connectivity index (χ0n) is 33.2. The fraction of sp³-hybridized carbons (Fsp3) is 0.711. The smallest absolute Gasteiger partial charge is 0.343 e. The molecule has 55 heavy (non-hydrogen) atoms. The van der Waals surface area contributed by atoms with Crippen molar-refractivity contribution in [1.82, 2.24) is 0 Å². The van der Waals surface area contributed by atoms with Crippen molar-refractivity contribution >= 4 is 54.1 Å². The second-order valence-electron chi connectivity index (χ2n) is 17.4. The molecule has 304 valence electrons. The molecule has 0 aromatic heterocycles. The molecule has 0 amide bonds. The zero-order valence-corrected chi connectivity index (χ0v) is 36.5. The van der Waals surface area contributed by atoms with Crippen LogP contribution in [0.1, 0.15) is 161 Å². The van der Waals surface area contributed by atoms with E-state index in [1.54, 1.807) is 0 Å². The number of carbonyl (C=O) groups excluding carboxylic acids is 1. The van der Waals surface area contributed by atoms with E-state index >= 15 is 9.13 Å². The van der Waals surface area contributed by atoms with Gasteiger partial charge in [-0.15, -0.1) is 0 Å². The van der Waals surface area contributed by atoms with Gasteiger partial charge in [-0.05, 0) is 101 Å². The fourth-order valence-electron chi connectivity index (χ4n) is 11.2. The average molecular weight is 834 g/mol. The molecule has 0 radical (unpaired) electrons. The second-order valence-corrected chi connectivity index (χ2v) is 24.9. The maximum atomic E-state index is 16.8. The number of rotatable bonds is 12. The fourth-order valence-corrected chi connectivity index (χ4v) is 20.6. The molecule has 0 bridgehead atoms. The molecule has 2 aromatic rings. The molecular weight excluding hydrogens is 769 g/mol. The lowest BCUT2D eigenvalue weighted by molar-refractivity contribution is -0.142. The normalized spacial score (nSPS) is 22.0. The van der Waals surface area contributed by atoms with Gasteiger partial charge in [0, 0.05) is 44.4 Å². The summed E-state index contributed by atoms with van der Waals surface area (Å²) >= 11 is 14.6. The van der Waals surface area contributed by atoms with Gasteiger partial charge in [0.1, 0.15) is 25.8 Å². The van der Waals surface area contributed by atoms with E-state index in [1.165, 1.54) is 26.4 Å². The highest BCUT2D eigenvalue weighted by atomic mass is 35.5. The van der Waals surface area contributed by atoms with Crippen molar-refractivity contribution in [2.75, 3.05) is 13.7 Å². The van der Waals surface area contributed by atoms with Crippen molar-refractivity contribution in [2.45, 2.75) is 189 Å². The van der Waals surface area contributed by atoms with E-state index in [0.717, 1.165) is 152 Å². The van der Waals surface area contributed by atoms with Crippen LogP contribution in [0.15, 0.2) is 24.3 Å². The summed E-state index contributed by atoms with van der Waals surface area (Å²) in [5.41, 5.74) is 1.45. The molecule has 5 fully saturated rings. The summed E-state index contributed by atoms with van der Waals surface area (Å²) < 4.78 is 52.4. The van der Waals surface area contributed by atoms with Crippen molar-refractivity contribution in [3.63, 3.8) is 0 Å². The Hall–Kier alpha value is -1.45. The molecule has 0 spiro atoms. The third kappa shape index (κ3) is 8.80. The number of halogens is 2. The van der Waals surface area contributed by atoms with Gasteiger partial charge in [-0.3, -0.25) is 0 Å². The topological polar surface area (TPSA) is 78.9 Å². The van der Waals surface area contributed by atoms with Gasteiger partial charge in [-0.25, -0.2) is 4.79 Å². The highest BCUT2D eigenvalue weighted by molar-refractivity contribution is 7.74. The number of ether oxygens (including phenoxy) is 3. The van der Waals surface area contributed by atoms with E-state index in [0.29, 0.717) is 32.7 Å². The summed E-state index contributed by atoms with van der Waals surface area (Å²) in [5, 5.41) is 2.33. The molecule has 10 heteroatoms. The number of hydrogen-bond acceptors (Lipinski definition) is 6.